The molecule has 3 aliphatic rings. The minimum Gasteiger partial charge on any atom is -0.463 e. The van der Waals surface area contributed by atoms with Gasteiger partial charge in [0.15, 0.2) is 24.0 Å². The molecular formula is C22H24O12. The van der Waals surface area contributed by atoms with E-state index in [0.717, 1.165) is 48.6 Å². The summed E-state index contributed by atoms with van der Waals surface area (Å²) >= 11 is 0. The van der Waals surface area contributed by atoms with Crippen molar-refractivity contribution < 1.29 is 58.9 Å². The first-order valence-electron chi connectivity index (χ1n) is 10.2. The van der Waals surface area contributed by atoms with E-state index in [1.165, 1.54) is 0 Å². The number of aliphatic hydroxyl groups excluding tert-OH is 3. The van der Waals surface area contributed by atoms with Crippen LogP contribution < -0.4 is 0 Å². The van der Waals surface area contributed by atoms with Gasteiger partial charge in [0.1, 0.15) is 36.1 Å². The van der Waals surface area contributed by atoms with E-state index in [4.69, 9.17) is 14.2 Å². The minimum absolute atomic E-state index is 0.356. The lowest BCUT2D eigenvalue weighted by molar-refractivity contribution is -0.292. The van der Waals surface area contributed by atoms with Crippen molar-refractivity contribution in [1.29, 1.82) is 0 Å². The summed E-state index contributed by atoms with van der Waals surface area (Å²) in [5.74, 6) is -2.71. The Hall–Kier alpha value is -3.00. The molecule has 3 rings (SSSR count). The van der Waals surface area contributed by atoms with Crippen LogP contribution in [0.25, 0.3) is 0 Å². The van der Waals surface area contributed by atoms with Crippen LogP contribution in [0.4, 0.5) is 0 Å². The highest BCUT2D eigenvalue weighted by Gasteiger charge is 2.47. The molecule has 1 heterocycles. The molecule has 184 valence electrons. The molecule has 1 fully saturated rings. The third-order valence-corrected chi connectivity index (χ3v) is 5.34. The maximum Gasteiger partial charge on any atom is 0.309 e. The van der Waals surface area contributed by atoms with Gasteiger partial charge in [-0.2, -0.15) is 0 Å². The van der Waals surface area contributed by atoms with Gasteiger partial charge in [-0.3, -0.25) is 19.2 Å². The van der Waals surface area contributed by atoms with Crippen LogP contribution in [0.3, 0.4) is 0 Å². The van der Waals surface area contributed by atoms with Crippen LogP contribution >= 0.6 is 0 Å². The number of carbonyl (C=O) groups excluding carboxylic acids is 4. The van der Waals surface area contributed by atoms with Gasteiger partial charge in [0, 0.05) is 0 Å². The van der Waals surface area contributed by atoms with Crippen LogP contribution in [0.1, 0.15) is 12.8 Å². The average molecular weight is 480 g/mol. The Balaban J connectivity index is 1.51. The number of esters is 2. The van der Waals surface area contributed by atoms with Gasteiger partial charge in [-0.25, -0.2) is 0 Å². The first kappa shape index (κ1) is 25.6. The Labute approximate surface area is 193 Å². The molecule has 1 saturated heterocycles. The summed E-state index contributed by atoms with van der Waals surface area (Å²) in [6.45, 7) is -0.611. The Morgan fingerprint density at radius 3 is 1.79 bits per heavy atom. The molecule has 5 N–H and O–H groups in total. The normalized spacial score (nSPS) is 31.4. The van der Waals surface area contributed by atoms with Gasteiger partial charge in [0.25, 0.3) is 0 Å². The Morgan fingerprint density at radius 2 is 1.29 bits per heavy atom. The van der Waals surface area contributed by atoms with Gasteiger partial charge in [-0.05, 0) is 48.6 Å². The largest absolute Gasteiger partial charge is 0.463 e. The van der Waals surface area contributed by atoms with E-state index in [9.17, 15) is 44.7 Å². The van der Waals surface area contributed by atoms with E-state index in [1.807, 2.05) is 0 Å². The molecular weight excluding hydrogens is 456 g/mol. The standard InChI is InChI=1S/C22H24O12/c23-12-1-5-21(30,6-2-12)9-15(25)32-11-14-17(27)18(28)19(20(29)33-14)34-16(26)10-22(31)7-3-13(24)4-8-22/h1-8,14,17-20,27-31H,9-11H2/t14-,17-,18+,19-,20-/m1/s1. The molecule has 1 aliphatic heterocycles. The zero-order valence-corrected chi connectivity index (χ0v) is 17.7. The quantitative estimate of drug-likeness (QED) is 0.241. The third-order valence-electron chi connectivity index (χ3n) is 5.34. The summed E-state index contributed by atoms with van der Waals surface area (Å²) in [4.78, 5) is 46.5. The molecule has 0 radical (unpaired) electrons. The minimum atomic E-state index is -1.90. The maximum atomic E-state index is 12.2. The van der Waals surface area contributed by atoms with Crippen molar-refractivity contribution in [2.24, 2.45) is 0 Å². The molecule has 5 atom stereocenters. The van der Waals surface area contributed by atoms with Crippen molar-refractivity contribution >= 4 is 23.5 Å². The molecule has 0 aromatic rings. The summed E-state index contributed by atoms with van der Waals surface area (Å²) in [7, 11) is 0. The van der Waals surface area contributed by atoms with Crippen LogP contribution in [-0.2, 0) is 33.4 Å². The Bertz CT molecular complexity index is 927. The van der Waals surface area contributed by atoms with Crippen molar-refractivity contribution in [3.63, 3.8) is 0 Å². The zero-order chi connectivity index (χ0) is 25.1. The van der Waals surface area contributed by atoms with Crippen molar-refractivity contribution in [1.82, 2.24) is 0 Å². The number of rotatable bonds is 7. The molecule has 0 aromatic heterocycles. The number of hydrogen-bond acceptors (Lipinski definition) is 12. The van der Waals surface area contributed by atoms with Gasteiger partial charge in [-0.1, -0.05) is 0 Å². The van der Waals surface area contributed by atoms with E-state index in [1.54, 1.807) is 0 Å². The van der Waals surface area contributed by atoms with Crippen LogP contribution in [0.5, 0.6) is 0 Å². The van der Waals surface area contributed by atoms with E-state index < -0.39 is 73.3 Å². The number of ether oxygens (including phenoxy) is 3. The molecule has 34 heavy (non-hydrogen) atoms. The number of aliphatic hydroxyl groups is 5. The number of hydrogen-bond donors (Lipinski definition) is 5. The molecule has 0 aromatic carbocycles. The Morgan fingerprint density at radius 1 is 0.824 bits per heavy atom. The number of allylic oxidation sites excluding steroid dienone is 4. The van der Waals surface area contributed by atoms with Crippen molar-refractivity contribution in [3.8, 4) is 0 Å². The number of carbonyl (C=O) groups is 4. The van der Waals surface area contributed by atoms with E-state index in [2.05, 4.69) is 0 Å². The van der Waals surface area contributed by atoms with Crippen LogP contribution in [-0.4, -0.2) is 97.6 Å². The van der Waals surface area contributed by atoms with Crippen molar-refractivity contribution in [2.75, 3.05) is 6.61 Å². The number of ketones is 2. The van der Waals surface area contributed by atoms with Gasteiger partial charge in [0.05, 0.1) is 12.8 Å². The SMILES string of the molecule is O=C1C=CC(O)(CC(=O)OC[C@H]2O[C@@H](O)[C@H](OC(=O)CC3(O)C=CC(=O)C=C3)[C@@H](O)[C@@H]2O)C=C1. The molecule has 12 heteroatoms. The average Bonchev–Trinajstić information content (AvgIpc) is 2.77. The summed E-state index contributed by atoms with van der Waals surface area (Å²) in [5, 5.41) is 51.2. The predicted molar refractivity (Wildman–Crippen MR) is 109 cm³/mol. The zero-order valence-electron chi connectivity index (χ0n) is 17.7. The molecule has 2 aliphatic carbocycles. The second-order valence-corrected chi connectivity index (χ2v) is 8.16. The summed E-state index contributed by atoms with van der Waals surface area (Å²) < 4.78 is 15.0. The molecule has 0 saturated carbocycles. The second kappa shape index (κ2) is 10.1. The topological polar surface area (TPSA) is 197 Å². The van der Waals surface area contributed by atoms with E-state index >= 15 is 0 Å². The van der Waals surface area contributed by atoms with Gasteiger partial charge >= 0.3 is 11.9 Å². The smallest absolute Gasteiger partial charge is 0.309 e. The highest BCUT2D eigenvalue weighted by Crippen LogP contribution is 2.26. The molecule has 0 bridgehead atoms. The molecule has 12 nitrogen and oxygen atoms in total. The van der Waals surface area contributed by atoms with E-state index in [-0.39, 0.29) is 11.6 Å². The predicted octanol–water partition coefficient (Wildman–Crippen LogP) is -2.49. The highest BCUT2D eigenvalue weighted by atomic mass is 16.7. The van der Waals surface area contributed by atoms with Crippen LogP contribution in [0.2, 0.25) is 0 Å². The lowest BCUT2D eigenvalue weighted by Crippen LogP contribution is -2.60. The summed E-state index contributed by atoms with van der Waals surface area (Å²) in [5.41, 5.74) is -3.53. The van der Waals surface area contributed by atoms with Crippen LogP contribution in [0.15, 0.2) is 48.6 Å². The van der Waals surface area contributed by atoms with E-state index in [0.29, 0.717) is 0 Å². The molecule has 0 unspecified atom stereocenters. The first-order valence-corrected chi connectivity index (χ1v) is 10.2. The summed E-state index contributed by atoms with van der Waals surface area (Å²) in [6, 6.07) is 0. The lowest BCUT2D eigenvalue weighted by atomic mass is 9.94. The highest BCUT2D eigenvalue weighted by molar-refractivity contribution is 6.01. The Kier molecular flexibility index (Phi) is 7.60. The van der Waals surface area contributed by atoms with Crippen LogP contribution in [0, 0.1) is 0 Å². The lowest BCUT2D eigenvalue weighted by Gasteiger charge is -2.40. The molecule has 0 amide bonds. The first-order chi connectivity index (χ1) is 15.9. The van der Waals surface area contributed by atoms with Gasteiger partial charge in [-0.15, -0.1) is 0 Å². The fourth-order valence-corrected chi connectivity index (χ4v) is 3.43. The summed E-state index contributed by atoms with van der Waals surface area (Å²) in [6.07, 6.45) is -1.01. The second-order valence-electron chi connectivity index (χ2n) is 8.16. The van der Waals surface area contributed by atoms with Crippen molar-refractivity contribution in [2.45, 2.75) is 54.7 Å². The maximum absolute atomic E-state index is 12.2. The third kappa shape index (κ3) is 6.32. The monoisotopic (exact) mass is 480 g/mol. The fraction of sp³-hybridized carbons (Fsp3) is 0.455. The van der Waals surface area contributed by atoms with Crippen molar-refractivity contribution in [3.05, 3.63) is 48.6 Å². The molecule has 0 spiro atoms. The van der Waals surface area contributed by atoms with Gasteiger partial charge < -0.3 is 39.7 Å². The fourth-order valence-electron chi connectivity index (χ4n) is 3.43. The van der Waals surface area contributed by atoms with Gasteiger partial charge in [0.2, 0.25) is 0 Å².